The maximum atomic E-state index is 14.9. The zero-order valence-electron chi connectivity index (χ0n) is 80.0. The molecule has 139 heavy (non-hydrogen) atoms. The van der Waals surface area contributed by atoms with Gasteiger partial charge in [0.2, 0.25) is 112 Å². The van der Waals surface area contributed by atoms with Crippen molar-refractivity contribution < 1.29 is 121 Å². The zero-order valence-corrected chi connectivity index (χ0v) is 81.7. The van der Waals surface area contributed by atoms with Crippen molar-refractivity contribution in [3.63, 3.8) is 0 Å². The molecule has 16 atom stereocenters. The second kappa shape index (κ2) is 63.4. The number of carboxylic acid groups (broad SMARTS) is 2. The number of carbonyl (C=O) groups excluding carboxylic acids is 19. The number of amides is 19. The van der Waals surface area contributed by atoms with Crippen molar-refractivity contribution in [3.05, 3.63) is 83.9 Å². The van der Waals surface area contributed by atoms with Crippen molar-refractivity contribution in [1.82, 2.24) is 100 Å². The van der Waals surface area contributed by atoms with Gasteiger partial charge in [-0.25, -0.2) is 9.78 Å². The number of nitrogens with zero attached hydrogens (tertiary/aromatic N) is 1. The lowest BCUT2D eigenvalue weighted by Gasteiger charge is -2.30. The number of carboxylic acids is 2. The van der Waals surface area contributed by atoms with E-state index in [-0.39, 0.29) is 81.0 Å². The number of thioether (sulfide) groups is 2. The van der Waals surface area contributed by atoms with E-state index in [2.05, 4.69) is 100 Å². The molecule has 3 aromatic rings. The summed E-state index contributed by atoms with van der Waals surface area (Å²) >= 11 is 2.71. The lowest BCUT2D eigenvalue weighted by molar-refractivity contribution is -0.142. The molecular formula is C89H139N23O25S2. The Morgan fingerprint density at radius 3 is 1.30 bits per heavy atom. The van der Waals surface area contributed by atoms with Crippen LogP contribution in [-0.2, 0) is 120 Å². The summed E-state index contributed by atoms with van der Waals surface area (Å²) in [5.74, 6) is -23.2. The average molecular weight is 2000 g/mol. The minimum atomic E-state index is -1.95. The maximum Gasteiger partial charge on any atom is 0.326 e. The molecule has 19 amide bonds. The van der Waals surface area contributed by atoms with Gasteiger partial charge in [-0.05, 0) is 142 Å². The number of imidazole rings is 1. The van der Waals surface area contributed by atoms with Crippen LogP contribution in [0.15, 0.2) is 67.1 Å². The van der Waals surface area contributed by atoms with Crippen LogP contribution in [0.3, 0.4) is 0 Å². The summed E-state index contributed by atoms with van der Waals surface area (Å²) in [6.07, 6.45) is 1.52. The second-order valence-corrected chi connectivity index (χ2v) is 36.5. The number of rotatable bonds is 67. The van der Waals surface area contributed by atoms with E-state index in [4.69, 9.17) is 22.9 Å². The number of nitrogens with two attached hydrogens (primary N) is 4. The summed E-state index contributed by atoms with van der Waals surface area (Å²) in [6.45, 7) is 11.2. The standard InChI is InChI=1S/C89H139N23O25S2/c1-12-49(8)74(88(135)105-58(26-28-67(93)116)79(126)103-57(25-27-66(92)115)80(127)106-60(34-46(2)3)77(124)97-44-70(119)100-56(20-16-17-31-90)78(125)109-65(89(136)137)37-51-18-14-13-15-19-51)111-85(132)63(38-53-40-94-45-99-53)108-81(128)59(30-33-139-11)104-82(129)61(35-47(4)5)107-83(130)64(39-72(121)122)102-69(118)42-95-68(117)41-98-86(133)75(50(9)113)112-87(134)73(48(6)7)110-84(131)62(36-52-21-23-54(114)24-22-52)101-71(120)43-96-76(123)55(91)29-32-138-10/h13-15,18-19,21-24,40,45-50,55-65,73-75,113-114H,12,16-17,20,25-39,41-44,90-91H2,1-11H3,(H2,92,115)(H2,93,116)(H,94,99)(H,95,117)(H,96,123)(H,97,124)(H,98,133)(H,100,119)(H,101,120)(H,102,118)(H,103,126)(H,104,129)(H,105,135)(H,106,127)(H,107,130)(H,108,128)(H,109,125)(H,110,131)(H,111,132)(H,112,134)(H,121,122)(H,136,137)/t49-,50+,55-,56-,57-,58-,59-,60-,61-,62-,63-,64-,65-,73-,74-,75-/m0/s1. The predicted octanol–water partition coefficient (Wildman–Crippen LogP) is -5.86. The molecule has 0 saturated carbocycles. The Hall–Kier alpha value is -13.1. The van der Waals surface area contributed by atoms with Gasteiger partial charge in [0.25, 0.3) is 0 Å². The molecule has 3 rings (SSSR count). The molecule has 772 valence electrons. The van der Waals surface area contributed by atoms with Gasteiger partial charge in [-0.3, -0.25) is 95.9 Å². The quantitative estimate of drug-likeness (QED) is 0.0234. The number of aromatic nitrogens is 2. The first-order valence-corrected chi connectivity index (χ1v) is 48.3. The SMILES string of the molecule is CC[C@H](C)[C@H](NC(=O)[C@H](Cc1cnc[nH]1)NC(=O)[C@H](CCSC)NC(=O)[C@H](CC(C)C)NC(=O)[C@H](CC(=O)O)NC(=O)CNC(=O)CNC(=O)[C@@H](NC(=O)[C@@H](NC(=O)[C@H](Cc1ccc(O)cc1)NC(=O)CNC(=O)[C@@H](N)CCSC)C(C)C)[C@@H](C)O)C(=O)N[C@@H](CCC(N)=O)C(=O)N[C@@H](CCC(N)=O)C(=O)N[C@@H](CC(C)C)C(=O)NCC(=O)N[C@@H](CCCCN)C(=O)N[C@@H](Cc1ccccc1)C(=O)O. The van der Waals surface area contributed by atoms with Crippen molar-refractivity contribution in [2.24, 2.45) is 46.6 Å². The minimum Gasteiger partial charge on any atom is -0.508 e. The third-order valence-corrected chi connectivity index (χ3v) is 22.8. The molecule has 0 aliphatic carbocycles. The topological polar surface area (TPSA) is 777 Å². The number of phenolic OH excluding ortho intramolecular Hbond substituents is 1. The number of aliphatic hydroxyl groups excluding tert-OH is 1. The van der Waals surface area contributed by atoms with E-state index in [1.54, 1.807) is 78.1 Å². The first-order valence-electron chi connectivity index (χ1n) is 45.5. The number of aromatic amines is 1. The molecule has 1 heterocycles. The number of aliphatic carboxylic acids is 2. The average Bonchev–Trinajstić information content (AvgIpc) is 1.79. The van der Waals surface area contributed by atoms with Crippen LogP contribution in [0.4, 0.5) is 0 Å². The maximum absolute atomic E-state index is 14.9. The number of benzene rings is 2. The van der Waals surface area contributed by atoms with Crippen LogP contribution < -0.4 is 113 Å². The highest BCUT2D eigenvalue weighted by molar-refractivity contribution is 7.98. The fourth-order valence-electron chi connectivity index (χ4n) is 13.6. The first-order chi connectivity index (χ1) is 65.6. The van der Waals surface area contributed by atoms with Crippen molar-refractivity contribution in [1.29, 1.82) is 0 Å². The molecule has 0 unspecified atom stereocenters. The van der Waals surface area contributed by atoms with Crippen molar-refractivity contribution in [3.8, 4) is 5.75 Å². The molecule has 0 saturated heterocycles. The first kappa shape index (κ1) is 120. The smallest absolute Gasteiger partial charge is 0.326 e. The third-order valence-electron chi connectivity index (χ3n) is 21.5. The van der Waals surface area contributed by atoms with Crippen LogP contribution in [0.5, 0.6) is 5.75 Å². The summed E-state index contributed by atoms with van der Waals surface area (Å²) < 4.78 is 0. The van der Waals surface area contributed by atoms with Crippen LogP contribution in [-0.4, -0.2) is 302 Å². The summed E-state index contributed by atoms with van der Waals surface area (Å²) in [6, 6.07) is -7.22. The van der Waals surface area contributed by atoms with Gasteiger partial charge >= 0.3 is 11.9 Å². The molecule has 48 nitrogen and oxygen atoms in total. The van der Waals surface area contributed by atoms with Gasteiger partial charge in [-0.1, -0.05) is 104 Å². The fourth-order valence-corrected chi connectivity index (χ4v) is 14.6. The molecule has 0 aliphatic rings. The van der Waals surface area contributed by atoms with Gasteiger partial charge in [0.15, 0.2) is 0 Å². The number of phenols is 1. The van der Waals surface area contributed by atoms with Crippen molar-refractivity contribution >= 4 is 148 Å². The van der Waals surface area contributed by atoms with Crippen LogP contribution in [0.2, 0.25) is 0 Å². The Morgan fingerprint density at radius 2 is 0.813 bits per heavy atom. The third kappa shape index (κ3) is 46.7. The molecule has 0 radical (unpaired) electrons. The van der Waals surface area contributed by atoms with E-state index >= 15 is 0 Å². The Morgan fingerprint density at radius 1 is 0.410 bits per heavy atom. The van der Waals surface area contributed by atoms with Crippen LogP contribution in [0, 0.1) is 23.7 Å². The molecule has 50 heteroatoms. The summed E-state index contributed by atoms with van der Waals surface area (Å²) in [5.41, 5.74) is 24.0. The molecule has 2 aromatic carbocycles. The lowest BCUT2D eigenvalue weighted by Crippen LogP contribution is -2.61. The number of nitrogens with one attached hydrogen (secondary N) is 18. The van der Waals surface area contributed by atoms with E-state index in [0.29, 0.717) is 36.1 Å². The van der Waals surface area contributed by atoms with Gasteiger partial charge in [0.1, 0.15) is 84.3 Å². The summed E-state index contributed by atoms with van der Waals surface area (Å²) in [7, 11) is 0. The predicted molar refractivity (Wildman–Crippen MR) is 510 cm³/mol. The number of primary amides is 2. The highest BCUT2D eigenvalue weighted by Gasteiger charge is 2.40. The molecule has 0 fully saturated rings. The number of carbonyl (C=O) groups is 21. The molecule has 0 spiro atoms. The van der Waals surface area contributed by atoms with Crippen LogP contribution >= 0.6 is 23.5 Å². The number of unbranched alkanes of at least 4 members (excludes halogenated alkanes) is 1. The Balaban J connectivity index is 1.82. The highest BCUT2D eigenvalue weighted by atomic mass is 32.2. The molecule has 0 bridgehead atoms. The van der Waals surface area contributed by atoms with E-state index < -0.39 is 291 Å². The second-order valence-electron chi connectivity index (χ2n) is 34.5. The Bertz CT molecular complexity index is 4590. The van der Waals surface area contributed by atoms with Crippen molar-refractivity contribution in [2.45, 2.75) is 256 Å². The normalized spacial score (nSPS) is 14.6. The van der Waals surface area contributed by atoms with Crippen LogP contribution in [0.25, 0.3) is 0 Å². The summed E-state index contributed by atoms with van der Waals surface area (Å²) in [4.78, 5) is 293. The molecule has 1 aromatic heterocycles. The minimum absolute atomic E-state index is 0.0317. The Labute approximate surface area is 814 Å². The van der Waals surface area contributed by atoms with Crippen LogP contribution in [0.1, 0.15) is 163 Å². The van der Waals surface area contributed by atoms with E-state index in [0.717, 1.165) is 6.92 Å². The van der Waals surface area contributed by atoms with Gasteiger partial charge < -0.3 is 139 Å². The number of hydrogen-bond donors (Lipinski definition) is 26. The number of H-pyrrole nitrogens is 1. The van der Waals surface area contributed by atoms with E-state index in [1.807, 2.05) is 6.26 Å². The summed E-state index contributed by atoms with van der Waals surface area (Å²) in [5, 5.41) is 82.2. The molecule has 30 N–H and O–H groups in total. The van der Waals surface area contributed by atoms with Gasteiger partial charge in [-0.15, -0.1) is 0 Å². The van der Waals surface area contributed by atoms with Gasteiger partial charge in [0, 0.05) is 44.0 Å². The number of aromatic hydroxyl groups is 1. The van der Waals surface area contributed by atoms with Gasteiger partial charge in [-0.2, -0.15) is 23.5 Å². The van der Waals surface area contributed by atoms with E-state index in [1.165, 1.54) is 74.2 Å². The Kier molecular flexibility index (Phi) is 54.8. The highest BCUT2D eigenvalue weighted by Crippen LogP contribution is 2.18. The van der Waals surface area contributed by atoms with Crippen molar-refractivity contribution in [2.75, 3.05) is 56.7 Å². The number of aliphatic hydroxyl groups is 1. The molecular weight excluding hydrogens is 1860 g/mol. The van der Waals surface area contributed by atoms with E-state index in [9.17, 15) is 121 Å². The monoisotopic (exact) mass is 1990 g/mol. The zero-order chi connectivity index (χ0) is 104. The molecule has 0 aliphatic heterocycles. The number of hydrogen-bond acceptors (Lipinski definition) is 28. The van der Waals surface area contributed by atoms with Gasteiger partial charge in [0.05, 0.1) is 51.1 Å². The fraction of sp³-hybridized carbons (Fsp3) is 0.596. The largest absolute Gasteiger partial charge is 0.508 e. The lowest BCUT2D eigenvalue weighted by atomic mass is 9.96.